The summed E-state index contributed by atoms with van der Waals surface area (Å²) in [6.07, 6.45) is -31.7. The van der Waals surface area contributed by atoms with Gasteiger partial charge in [-0.15, -0.1) is 0 Å². The van der Waals surface area contributed by atoms with Crippen molar-refractivity contribution in [3.8, 4) is 44.5 Å². The average Bonchev–Trinajstić information content (AvgIpc) is 1.48. The minimum absolute atomic E-state index is 0.371. The molecule has 0 spiro atoms. The smallest absolute Gasteiger partial charge is 0.176 e. The number of fused-ring (bicyclic) bond motifs is 8. The highest BCUT2D eigenvalue weighted by atomic mass is 32.2. The molecule has 112 heavy (non-hydrogen) atoms. The first-order valence-corrected chi connectivity index (χ1v) is 36.1. The molecule has 9 heterocycles. The monoisotopic (exact) mass is 1680 g/mol. The Hall–Kier alpha value is -7.04. The quantitative estimate of drug-likeness (QED) is 0.0441. The highest BCUT2D eigenvalue weighted by Gasteiger charge is 2.50. The number of halogens is 16. The van der Waals surface area contributed by atoms with Gasteiger partial charge in [-0.2, -0.15) is 0 Å². The van der Waals surface area contributed by atoms with Gasteiger partial charge < -0.3 is 111 Å². The van der Waals surface area contributed by atoms with Gasteiger partial charge in [0.05, 0.1) is 91.0 Å². The average molecular weight is 1680 g/mol. The molecular weight excluding hydrogens is 1620 g/mol. The Morgan fingerprint density at radius 1 is 0.250 bits per heavy atom. The number of aromatic amines is 2. The number of hydrogen-bond donors (Lipinski definition) is 18. The number of aliphatic hydroxyl groups is 16. The minimum Gasteiger partial charge on any atom is -0.394 e. The third kappa shape index (κ3) is 14.0. The van der Waals surface area contributed by atoms with Crippen LogP contribution in [0.1, 0.15) is 22.8 Å². The van der Waals surface area contributed by atoms with E-state index in [4.69, 9.17) is 18.9 Å². The Labute approximate surface area is 631 Å². The number of H-pyrrole nitrogens is 2. The molecule has 8 bridgehead atoms. The maximum Gasteiger partial charge on any atom is 0.176 e. The number of thioether (sulfide) groups is 4. The van der Waals surface area contributed by atoms with Crippen LogP contribution in [0.15, 0.2) is 43.8 Å². The molecule has 6 aliphatic heterocycles. The first-order valence-electron chi connectivity index (χ1n) is 32.5. The van der Waals surface area contributed by atoms with Crippen molar-refractivity contribution >= 4 is 93.4 Å². The van der Waals surface area contributed by atoms with Crippen LogP contribution in [0, 0.1) is 93.1 Å². The molecule has 602 valence electrons. The normalized spacial score (nSPS) is 28.8. The van der Waals surface area contributed by atoms with Gasteiger partial charge in [0.25, 0.3) is 0 Å². The lowest BCUT2D eigenvalue weighted by molar-refractivity contribution is -0.205. The number of hydrogen-bond acceptors (Lipinski definition) is 26. The molecule has 18 N–H and O–H groups in total. The largest absolute Gasteiger partial charge is 0.394 e. The van der Waals surface area contributed by atoms with Gasteiger partial charge in [-0.3, -0.25) is 0 Å². The van der Waals surface area contributed by atoms with Gasteiger partial charge in [0, 0.05) is 44.3 Å². The molecule has 0 radical (unpaired) electrons. The van der Waals surface area contributed by atoms with Crippen molar-refractivity contribution in [1.82, 2.24) is 19.9 Å². The number of benzene rings is 4. The molecule has 0 aliphatic carbocycles. The maximum atomic E-state index is 17.6. The molecule has 24 nitrogen and oxygen atoms in total. The molecule has 44 heteroatoms. The summed E-state index contributed by atoms with van der Waals surface area (Å²) >= 11 is -1.48. The summed E-state index contributed by atoms with van der Waals surface area (Å²) in [5.74, 6) is -39.3. The molecule has 20 atom stereocenters. The zero-order valence-corrected chi connectivity index (χ0v) is 58.6. The predicted octanol–water partition coefficient (Wildman–Crippen LogP) is 5.12. The van der Waals surface area contributed by atoms with Crippen molar-refractivity contribution in [2.45, 2.75) is 139 Å². The Morgan fingerprint density at radius 3 is 0.580 bits per heavy atom. The van der Waals surface area contributed by atoms with Crippen LogP contribution < -0.4 is 0 Å². The van der Waals surface area contributed by atoms with E-state index in [0.717, 1.165) is 0 Å². The Bertz CT molecular complexity index is 4440. The number of aliphatic hydroxyl groups excluding tert-OH is 16. The van der Waals surface area contributed by atoms with Crippen LogP contribution in [0.4, 0.5) is 70.2 Å². The van der Waals surface area contributed by atoms with Crippen LogP contribution >= 0.6 is 47.0 Å². The van der Waals surface area contributed by atoms with Crippen LogP contribution in [0.5, 0.6) is 0 Å². The van der Waals surface area contributed by atoms with Crippen molar-refractivity contribution in [2.24, 2.45) is 0 Å². The van der Waals surface area contributed by atoms with Crippen LogP contribution in [-0.4, -0.2) is 247 Å². The molecule has 7 aromatic rings. The molecule has 13 rings (SSSR count). The van der Waals surface area contributed by atoms with E-state index in [1.54, 1.807) is 0 Å². The van der Waals surface area contributed by atoms with E-state index in [-0.39, 0.29) is 47.0 Å². The first-order chi connectivity index (χ1) is 53.0. The second-order valence-corrected chi connectivity index (χ2v) is 30.0. The molecule has 6 aliphatic rings. The molecule has 2 unspecified atom stereocenters. The van der Waals surface area contributed by atoms with Crippen LogP contribution in [0.3, 0.4) is 0 Å². The lowest BCUT2D eigenvalue weighted by Crippen LogP contribution is -2.57. The van der Waals surface area contributed by atoms with Gasteiger partial charge >= 0.3 is 0 Å². The van der Waals surface area contributed by atoms with Crippen LogP contribution in [-0.2, 0) is 18.9 Å². The SMILES string of the molecule is OCC1O[C@H](Sc2c(F)c(F)c(-c3c4nc(c(-c5c(F)c(F)c(S[C@H]6O[C@H](CO)[C@@H](O)C(O)[C@@H]6O)c(F)c5F)c5ccc([nH]5)c(-c5c(F)c(F)c(S[C@H]6O[C@H](CO)[C@@H](O)[C@H](O)[C@@H]6O)c(F)c5F)c5nc(c(-c6c(F)c(F)c(S[C@@H]7O[C@H](CO)[C@@H](O)[C@H](O)[C@@H]7O)c(F)c6F)c6ccc3[nH]6)C=C5)C=C4)c(F)c2F)[C@@H](O)[C@@H](O)[C@@H]1O. The number of ether oxygens (including phenoxy) is 4. The number of nitrogens with one attached hydrogen (secondary N) is 2. The third-order valence-electron chi connectivity index (χ3n) is 19.0. The zero-order chi connectivity index (χ0) is 81.3. The lowest BCUT2D eigenvalue weighted by atomic mass is 10.0. The summed E-state index contributed by atoms with van der Waals surface area (Å²) in [6.45, 7) is -4.55. The summed E-state index contributed by atoms with van der Waals surface area (Å²) in [5, 5.41) is 166. The summed E-state index contributed by atoms with van der Waals surface area (Å²) in [7, 11) is 0. The Balaban J connectivity index is 1.13. The fraction of sp³-hybridized carbons (Fsp3) is 0.353. The molecule has 4 saturated heterocycles. The standard InChI is InChI=1S/C68H54F16N4O20S4/c69-33-29(34(70)42(78)61(41(33)77)109-65-57(101)53(97)49(93)21(9-89)105-65)25-13-1-2-14(85-13)26(30-35(71)43(79)62(44(80)36(30)72)110-66-58(102)54(98)50(94)22(10-90)106-66)16-5-6-18(87-16)28(32-39(75)47(83)64(48(84)40(32)76)112-68-60(104)56(100)52(96)24(12-92)108-68)20-8-7-19(88-20)27(17-4-3-15(25)86-17)31-37(73)45(81)63(46(82)38(31)74)111-67-59(103)55(99)51(95)23(11-91)107-67/h1-8,21-24,49-60,65-68,85,88-104H,9-12H2/t21-,22-,23-,24?,49-,50-,51-,52-,53+,54?,55+,56+,57+,58+,59+,60+,65-,66-,67+,68-/m1/s1. The Kier molecular flexibility index (Phi) is 23.9. The summed E-state index contributed by atoms with van der Waals surface area (Å²) in [5.41, 5.74) is -30.4. The van der Waals surface area contributed by atoms with E-state index in [1.807, 2.05) is 0 Å². The van der Waals surface area contributed by atoms with E-state index in [1.165, 1.54) is 0 Å². The number of aromatic nitrogens is 4. The van der Waals surface area contributed by atoms with Gasteiger partial charge in [-0.1, -0.05) is 47.0 Å². The van der Waals surface area contributed by atoms with E-state index in [2.05, 4.69) is 19.9 Å². The van der Waals surface area contributed by atoms with Crippen molar-refractivity contribution in [3.63, 3.8) is 0 Å². The first kappa shape index (κ1) is 82.9. The molecule has 0 amide bonds. The summed E-state index contributed by atoms with van der Waals surface area (Å²) in [6, 6.07) is 2.47. The minimum atomic E-state index is -2.49. The van der Waals surface area contributed by atoms with Gasteiger partial charge in [-0.05, 0) is 48.6 Å². The summed E-state index contributed by atoms with van der Waals surface area (Å²) in [4.78, 5) is 6.27. The maximum absolute atomic E-state index is 17.6. The molecule has 4 fully saturated rings. The molecule has 4 aromatic carbocycles. The molecule has 0 saturated carbocycles. The third-order valence-corrected chi connectivity index (χ3v) is 23.8. The van der Waals surface area contributed by atoms with Crippen molar-refractivity contribution in [1.29, 1.82) is 0 Å². The van der Waals surface area contributed by atoms with Gasteiger partial charge in [0.1, 0.15) is 119 Å². The number of rotatable bonds is 16. The lowest BCUT2D eigenvalue weighted by Gasteiger charge is -2.39. The zero-order valence-electron chi connectivity index (χ0n) is 55.4. The topological polar surface area (TPSA) is 418 Å². The molecule has 3 aromatic heterocycles. The molecular formula is C68H54F16N4O20S4. The second kappa shape index (κ2) is 32.2. The van der Waals surface area contributed by atoms with Crippen molar-refractivity contribution < 1.29 is 171 Å². The van der Waals surface area contributed by atoms with Crippen LogP contribution in [0.2, 0.25) is 0 Å². The van der Waals surface area contributed by atoms with E-state index in [9.17, 15) is 81.7 Å². The fourth-order valence-electron chi connectivity index (χ4n) is 13.1. The highest BCUT2D eigenvalue weighted by molar-refractivity contribution is 8.00. The number of nitrogens with zero attached hydrogens (tertiary/aromatic N) is 2. The Morgan fingerprint density at radius 2 is 0.420 bits per heavy atom. The van der Waals surface area contributed by atoms with Crippen molar-refractivity contribution in [2.75, 3.05) is 26.4 Å². The second-order valence-electron chi connectivity index (χ2n) is 25.6. The van der Waals surface area contributed by atoms with E-state index in [0.29, 0.717) is 48.6 Å². The summed E-state index contributed by atoms with van der Waals surface area (Å²) < 4.78 is 298. The highest BCUT2D eigenvalue weighted by Crippen LogP contribution is 2.51. The fourth-order valence-corrected chi connectivity index (χ4v) is 17.6. The van der Waals surface area contributed by atoms with Crippen LogP contribution in [0.25, 0.3) is 90.9 Å². The van der Waals surface area contributed by atoms with Gasteiger partial charge in [0.2, 0.25) is 0 Å². The van der Waals surface area contributed by atoms with E-state index < -0.39 is 348 Å². The van der Waals surface area contributed by atoms with Crippen molar-refractivity contribution in [3.05, 3.63) is 140 Å². The van der Waals surface area contributed by atoms with Gasteiger partial charge in [0.15, 0.2) is 93.1 Å². The van der Waals surface area contributed by atoms with E-state index >= 15 is 70.2 Å². The predicted molar refractivity (Wildman–Crippen MR) is 358 cm³/mol. The van der Waals surface area contributed by atoms with Gasteiger partial charge in [-0.25, -0.2) is 80.2 Å².